The maximum absolute atomic E-state index is 12.4. The van der Waals surface area contributed by atoms with E-state index >= 15 is 0 Å². The minimum atomic E-state index is 0.198. The van der Waals surface area contributed by atoms with Gasteiger partial charge in [-0.3, -0.25) is 4.79 Å². The zero-order chi connectivity index (χ0) is 17.4. The van der Waals surface area contributed by atoms with E-state index < -0.39 is 0 Å². The van der Waals surface area contributed by atoms with Crippen LogP contribution in [0.3, 0.4) is 0 Å². The molecule has 2 aromatic rings. The topological polar surface area (TPSA) is 46.9 Å². The fourth-order valence-corrected chi connectivity index (χ4v) is 4.88. The second-order valence-electron chi connectivity index (χ2n) is 7.81. The average Bonchev–Trinajstić information content (AvgIpc) is 3.29. The summed E-state index contributed by atoms with van der Waals surface area (Å²) < 4.78 is 1.97. The Bertz CT molecular complexity index is 765. The summed E-state index contributed by atoms with van der Waals surface area (Å²) in [6.07, 6.45) is 6.05. The first-order valence-corrected chi connectivity index (χ1v) is 9.49. The number of aryl methyl sites for hydroxylation is 1. The number of amides is 1. The first-order valence-electron chi connectivity index (χ1n) is 9.49. The smallest absolute Gasteiger partial charge is 0.220 e. The Morgan fingerprint density at radius 3 is 2.68 bits per heavy atom. The van der Waals surface area contributed by atoms with Gasteiger partial charge in [-0.05, 0) is 63.0 Å². The number of carbonyl (C=O) groups excluding carboxylic acids is 1. The summed E-state index contributed by atoms with van der Waals surface area (Å²) in [7, 11) is 0. The predicted molar refractivity (Wildman–Crippen MR) is 98.4 cm³/mol. The third kappa shape index (κ3) is 3.22. The third-order valence-electron chi connectivity index (χ3n) is 6.24. The van der Waals surface area contributed by atoms with Gasteiger partial charge in [0, 0.05) is 24.2 Å². The Kier molecular flexibility index (Phi) is 4.36. The molecule has 1 aromatic carbocycles. The van der Waals surface area contributed by atoms with Gasteiger partial charge < -0.3 is 5.32 Å². The van der Waals surface area contributed by atoms with Gasteiger partial charge >= 0.3 is 0 Å². The molecule has 2 bridgehead atoms. The molecule has 0 aliphatic heterocycles. The molecule has 4 nitrogen and oxygen atoms in total. The van der Waals surface area contributed by atoms with Crippen LogP contribution in [0.2, 0.25) is 0 Å². The monoisotopic (exact) mass is 337 g/mol. The van der Waals surface area contributed by atoms with E-state index in [1.807, 2.05) is 29.8 Å². The van der Waals surface area contributed by atoms with Gasteiger partial charge in [-0.25, -0.2) is 4.68 Å². The van der Waals surface area contributed by atoms with Crippen molar-refractivity contribution >= 4 is 5.91 Å². The molecule has 0 radical (unpaired) electrons. The van der Waals surface area contributed by atoms with Gasteiger partial charge in [-0.1, -0.05) is 24.6 Å². The Hall–Kier alpha value is -2.10. The molecule has 1 aromatic heterocycles. The van der Waals surface area contributed by atoms with Gasteiger partial charge in [0.25, 0.3) is 0 Å². The van der Waals surface area contributed by atoms with Crippen LogP contribution >= 0.6 is 0 Å². The van der Waals surface area contributed by atoms with E-state index in [4.69, 9.17) is 0 Å². The van der Waals surface area contributed by atoms with Crippen LogP contribution in [0.4, 0.5) is 0 Å². The van der Waals surface area contributed by atoms with Crippen molar-refractivity contribution in [2.75, 3.05) is 0 Å². The second-order valence-corrected chi connectivity index (χ2v) is 7.81. The first kappa shape index (κ1) is 16.4. The molecule has 25 heavy (non-hydrogen) atoms. The standard InChI is InChI=1S/C21H27N3O/c1-14-20(15(2)24(23-14)19-6-4-3-5-7-19)13-22-21(25)12-18-11-16-8-9-17(18)10-16/h3-7,16-18H,8-13H2,1-2H3,(H,22,25)/t16-,17+,18+/m0/s1. The zero-order valence-corrected chi connectivity index (χ0v) is 15.2. The van der Waals surface area contributed by atoms with Crippen LogP contribution in [-0.2, 0) is 11.3 Å². The lowest BCUT2D eigenvalue weighted by atomic mass is 9.86. The normalized spacial score (nSPS) is 24.6. The second kappa shape index (κ2) is 6.66. The molecular weight excluding hydrogens is 310 g/mol. The van der Waals surface area contributed by atoms with E-state index in [1.54, 1.807) is 0 Å². The third-order valence-corrected chi connectivity index (χ3v) is 6.24. The van der Waals surface area contributed by atoms with Crippen molar-refractivity contribution < 1.29 is 4.79 Å². The summed E-state index contributed by atoms with van der Waals surface area (Å²) >= 11 is 0. The molecule has 1 amide bonds. The van der Waals surface area contributed by atoms with Gasteiger partial charge in [0.15, 0.2) is 0 Å². The molecule has 0 spiro atoms. The van der Waals surface area contributed by atoms with E-state index in [0.717, 1.165) is 34.5 Å². The van der Waals surface area contributed by atoms with E-state index in [2.05, 4.69) is 29.5 Å². The van der Waals surface area contributed by atoms with Gasteiger partial charge in [0.1, 0.15) is 0 Å². The number of rotatable bonds is 5. The van der Waals surface area contributed by atoms with Crippen molar-refractivity contribution in [3.63, 3.8) is 0 Å². The van der Waals surface area contributed by atoms with Crippen LogP contribution in [0.1, 0.15) is 49.1 Å². The van der Waals surface area contributed by atoms with Crippen LogP contribution in [-0.4, -0.2) is 15.7 Å². The Morgan fingerprint density at radius 1 is 1.20 bits per heavy atom. The molecule has 2 aliphatic rings. The molecule has 2 fully saturated rings. The summed E-state index contributed by atoms with van der Waals surface area (Å²) in [6, 6.07) is 10.1. The van der Waals surface area contributed by atoms with Crippen LogP contribution in [0, 0.1) is 31.6 Å². The minimum absolute atomic E-state index is 0.198. The lowest BCUT2D eigenvalue weighted by Gasteiger charge is -2.20. The van der Waals surface area contributed by atoms with Gasteiger partial charge in [-0.15, -0.1) is 0 Å². The summed E-state index contributed by atoms with van der Waals surface area (Å²) in [5, 5.41) is 7.80. The molecule has 4 rings (SSSR count). The zero-order valence-electron chi connectivity index (χ0n) is 15.2. The summed E-state index contributed by atoms with van der Waals surface area (Å²) in [5.74, 6) is 2.52. The van der Waals surface area contributed by atoms with E-state index in [1.165, 1.54) is 25.7 Å². The number of para-hydroxylation sites is 1. The van der Waals surface area contributed by atoms with E-state index in [0.29, 0.717) is 18.9 Å². The van der Waals surface area contributed by atoms with Crippen molar-refractivity contribution in [1.29, 1.82) is 0 Å². The highest BCUT2D eigenvalue weighted by Crippen LogP contribution is 2.49. The average molecular weight is 337 g/mol. The highest BCUT2D eigenvalue weighted by molar-refractivity contribution is 5.76. The summed E-state index contributed by atoms with van der Waals surface area (Å²) in [6.45, 7) is 4.67. The van der Waals surface area contributed by atoms with E-state index in [9.17, 15) is 4.79 Å². The van der Waals surface area contributed by atoms with Crippen molar-refractivity contribution in [2.45, 2.75) is 52.5 Å². The predicted octanol–water partition coefficient (Wildman–Crippen LogP) is 3.93. The number of nitrogens with zero attached hydrogens (tertiary/aromatic N) is 2. The molecule has 1 N–H and O–H groups in total. The molecular formula is C21H27N3O. The fraction of sp³-hybridized carbons (Fsp3) is 0.524. The Morgan fingerprint density at radius 2 is 2.00 bits per heavy atom. The van der Waals surface area contributed by atoms with Crippen LogP contribution < -0.4 is 5.32 Å². The molecule has 2 aliphatic carbocycles. The van der Waals surface area contributed by atoms with Crippen LogP contribution in [0.15, 0.2) is 30.3 Å². The molecule has 1 heterocycles. The minimum Gasteiger partial charge on any atom is -0.352 e. The van der Waals surface area contributed by atoms with Crippen molar-refractivity contribution in [2.24, 2.45) is 17.8 Å². The number of benzene rings is 1. The number of hydrogen-bond donors (Lipinski definition) is 1. The Labute approximate surface area is 149 Å². The summed E-state index contributed by atoms with van der Waals surface area (Å²) in [4.78, 5) is 12.4. The molecule has 3 atom stereocenters. The molecule has 4 heteroatoms. The number of carbonyl (C=O) groups is 1. The van der Waals surface area contributed by atoms with E-state index in [-0.39, 0.29) is 5.91 Å². The van der Waals surface area contributed by atoms with Crippen molar-refractivity contribution in [3.8, 4) is 5.69 Å². The maximum atomic E-state index is 12.4. The number of hydrogen-bond acceptors (Lipinski definition) is 2. The van der Waals surface area contributed by atoms with Gasteiger partial charge in [0.05, 0.1) is 11.4 Å². The number of fused-ring (bicyclic) bond motifs is 2. The highest BCUT2D eigenvalue weighted by Gasteiger charge is 2.40. The molecule has 132 valence electrons. The highest BCUT2D eigenvalue weighted by atomic mass is 16.1. The Balaban J connectivity index is 1.39. The van der Waals surface area contributed by atoms with Crippen LogP contribution in [0.5, 0.6) is 0 Å². The fourth-order valence-electron chi connectivity index (χ4n) is 4.88. The lowest BCUT2D eigenvalue weighted by Crippen LogP contribution is -2.27. The van der Waals surface area contributed by atoms with Gasteiger partial charge in [0.2, 0.25) is 5.91 Å². The largest absolute Gasteiger partial charge is 0.352 e. The molecule has 0 saturated heterocycles. The maximum Gasteiger partial charge on any atom is 0.220 e. The van der Waals surface area contributed by atoms with Gasteiger partial charge in [-0.2, -0.15) is 5.10 Å². The molecule has 2 saturated carbocycles. The van der Waals surface area contributed by atoms with Crippen molar-refractivity contribution in [3.05, 3.63) is 47.3 Å². The molecule has 0 unspecified atom stereocenters. The number of nitrogens with one attached hydrogen (secondary N) is 1. The van der Waals surface area contributed by atoms with Crippen LogP contribution in [0.25, 0.3) is 5.69 Å². The number of aromatic nitrogens is 2. The lowest BCUT2D eigenvalue weighted by molar-refractivity contribution is -0.122. The summed E-state index contributed by atoms with van der Waals surface area (Å²) in [5.41, 5.74) is 4.28. The quantitative estimate of drug-likeness (QED) is 0.898. The first-order chi connectivity index (χ1) is 12.1. The SMILES string of the molecule is Cc1nn(-c2ccccc2)c(C)c1CNC(=O)C[C@H]1C[C@H]2CC[C@@H]1C2. The van der Waals surface area contributed by atoms with Crippen molar-refractivity contribution in [1.82, 2.24) is 15.1 Å².